The Balaban J connectivity index is 0.00000841. The fourth-order valence-corrected chi connectivity index (χ4v) is 4.56. The molecule has 1 aromatic carbocycles. The van der Waals surface area contributed by atoms with Gasteiger partial charge in [-0.15, -0.1) is 0 Å². The molecule has 0 amide bonds. The van der Waals surface area contributed by atoms with E-state index >= 15 is 0 Å². The second kappa shape index (κ2) is 19.2. The summed E-state index contributed by atoms with van der Waals surface area (Å²) in [4.78, 5) is 0. The lowest BCUT2D eigenvalue weighted by atomic mass is 9.97. The first kappa shape index (κ1) is 29.5. The molecular weight excluding hydrogens is 386 g/mol. The van der Waals surface area contributed by atoms with E-state index in [0.717, 1.165) is 4.48 Å². The van der Waals surface area contributed by atoms with E-state index in [4.69, 9.17) is 0 Å². The second-order valence-corrected chi connectivity index (χ2v) is 10.1. The Hall–Kier alpha value is -0.530. The normalized spacial score (nSPS) is 12.5. The molecule has 0 fully saturated rings. The van der Waals surface area contributed by atoms with Gasteiger partial charge < -0.3 is 16.9 Å². The van der Waals surface area contributed by atoms with Gasteiger partial charge in [0.15, 0.2) is 0 Å². The summed E-state index contributed by atoms with van der Waals surface area (Å²) in [6, 6.07) is 11.7. The van der Waals surface area contributed by atoms with Gasteiger partial charge in [0.25, 0.3) is 0 Å². The Morgan fingerprint density at radius 1 is 0.567 bits per heavy atom. The number of halogens is 1. The van der Waals surface area contributed by atoms with E-state index in [1.165, 1.54) is 115 Å². The van der Waals surface area contributed by atoms with Crippen LogP contribution >= 0.6 is 0 Å². The fraction of sp³-hybridized carbons (Fsp3) is 0.786. The van der Waals surface area contributed by atoms with Gasteiger partial charge >= 0.3 is 0 Å². The predicted molar refractivity (Wildman–Crippen MR) is 131 cm³/mol. The van der Waals surface area contributed by atoms with Crippen molar-refractivity contribution in [1.82, 2.24) is 0 Å². The molecule has 0 aliphatic heterocycles. The smallest absolute Gasteiger partial charge is 0.114 e. The van der Waals surface area contributed by atoms with Gasteiger partial charge in [0.1, 0.15) is 6.04 Å². The van der Waals surface area contributed by atoms with Gasteiger partial charge in [-0.2, -0.15) is 0 Å². The Labute approximate surface area is 196 Å². The van der Waals surface area contributed by atoms with Crippen molar-refractivity contribution in [2.24, 2.45) is 0 Å². The summed E-state index contributed by atoms with van der Waals surface area (Å²) in [5.74, 6) is 0. The van der Waals surface area contributed by atoms with E-state index in [1.54, 1.807) is 0 Å². The zero-order valence-electron chi connectivity index (χ0n) is 20.8. The summed E-state index contributed by atoms with van der Waals surface area (Å²) < 4.78 is 1.03. The van der Waals surface area contributed by atoms with Crippen molar-refractivity contribution in [3.63, 3.8) is 0 Å². The molecule has 0 heterocycles. The summed E-state index contributed by atoms with van der Waals surface area (Å²) in [6.07, 6.45) is 24.4. The maximum Gasteiger partial charge on any atom is 0.114 e. The minimum absolute atomic E-state index is 0. The topological polar surface area (TPSA) is 0 Å². The number of nitrogens with zero attached hydrogens (tertiary/aromatic N) is 1. The molecule has 0 spiro atoms. The van der Waals surface area contributed by atoms with Gasteiger partial charge in [0, 0.05) is 12.0 Å². The lowest BCUT2D eigenvalue weighted by Crippen LogP contribution is -3.00. The fourth-order valence-electron chi connectivity index (χ4n) is 4.56. The molecule has 0 bridgehead atoms. The highest BCUT2D eigenvalue weighted by Gasteiger charge is 2.24. The first-order chi connectivity index (χ1) is 14.1. The summed E-state index contributed by atoms with van der Waals surface area (Å²) in [5, 5.41) is 0. The molecule has 2 heteroatoms. The highest BCUT2D eigenvalue weighted by Crippen LogP contribution is 2.29. The van der Waals surface area contributed by atoms with Crippen LogP contribution in [-0.4, -0.2) is 25.6 Å². The van der Waals surface area contributed by atoms with Gasteiger partial charge in [-0.1, -0.05) is 134 Å². The Bertz CT molecular complexity index is 465. The zero-order valence-corrected chi connectivity index (χ0v) is 21.6. The molecule has 1 nitrogen and oxygen atoms in total. The van der Waals surface area contributed by atoms with E-state index in [-0.39, 0.29) is 12.4 Å². The Morgan fingerprint density at radius 2 is 0.933 bits per heavy atom. The lowest BCUT2D eigenvalue weighted by molar-refractivity contribution is -0.902. The maximum atomic E-state index is 2.34. The number of hydrogen-bond donors (Lipinski definition) is 0. The Kier molecular flexibility index (Phi) is 18.8. The molecule has 1 unspecified atom stereocenters. The standard InChI is InChI=1S/C28H52N.ClH/c1-5-6-7-8-9-10-11-12-13-14-15-16-17-18-19-23-26-28(29(2,3)4)27-24-21-20-22-25-27;/h20-22,24-25,28H,5-19,23,26H2,1-4H3;1H/q+1;/p-1. The third-order valence-electron chi connectivity index (χ3n) is 6.45. The quantitative estimate of drug-likeness (QED) is 0.181. The van der Waals surface area contributed by atoms with E-state index in [9.17, 15) is 0 Å². The van der Waals surface area contributed by atoms with Crippen molar-refractivity contribution >= 4 is 0 Å². The molecule has 0 saturated heterocycles. The van der Waals surface area contributed by atoms with Crippen LogP contribution in [0.5, 0.6) is 0 Å². The predicted octanol–water partition coefficient (Wildman–Crippen LogP) is 6.09. The van der Waals surface area contributed by atoms with E-state index in [2.05, 4.69) is 58.4 Å². The van der Waals surface area contributed by atoms with Crippen LogP contribution in [0.2, 0.25) is 0 Å². The van der Waals surface area contributed by atoms with Gasteiger partial charge in [-0.05, 0) is 6.42 Å². The molecule has 1 atom stereocenters. The van der Waals surface area contributed by atoms with Crippen molar-refractivity contribution in [2.45, 2.75) is 122 Å². The second-order valence-electron chi connectivity index (χ2n) is 10.1. The summed E-state index contributed by atoms with van der Waals surface area (Å²) in [5.41, 5.74) is 1.50. The van der Waals surface area contributed by atoms with Crippen LogP contribution in [0.25, 0.3) is 0 Å². The third kappa shape index (κ3) is 15.3. The number of unbranched alkanes of at least 4 members (excludes halogenated alkanes) is 15. The van der Waals surface area contributed by atoms with Crippen molar-refractivity contribution in [1.29, 1.82) is 0 Å². The molecule has 0 aliphatic carbocycles. The van der Waals surface area contributed by atoms with Gasteiger partial charge in [-0.3, -0.25) is 0 Å². The highest BCUT2D eigenvalue weighted by molar-refractivity contribution is 5.17. The van der Waals surface area contributed by atoms with Crippen molar-refractivity contribution < 1.29 is 16.9 Å². The minimum Gasteiger partial charge on any atom is -1.00 e. The average molecular weight is 438 g/mol. The van der Waals surface area contributed by atoms with Gasteiger partial charge in [0.05, 0.1) is 21.1 Å². The van der Waals surface area contributed by atoms with Crippen molar-refractivity contribution in [3.05, 3.63) is 35.9 Å². The summed E-state index contributed by atoms with van der Waals surface area (Å²) in [6.45, 7) is 2.30. The minimum atomic E-state index is 0. The van der Waals surface area contributed by atoms with Crippen LogP contribution in [0.1, 0.15) is 128 Å². The lowest BCUT2D eigenvalue weighted by Gasteiger charge is -2.34. The van der Waals surface area contributed by atoms with Crippen LogP contribution in [0, 0.1) is 0 Å². The monoisotopic (exact) mass is 437 g/mol. The van der Waals surface area contributed by atoms with Crippen LogP contribution in [-0.2, 0) is 0 Å². The zero-order chi connectivity index (χ0) is 21.2. The van der Waals surface area contributed by atoms with Crippen LogP contribution in [0.3, 0.4) is 0 Å². The van der Waals surface area contributed by atoms with Crippen LogP contribution in [0.4, 0.5) is 0 Å². The number of quaternary nitrogens is 1. The Morgan fingerprint density at radius 3 is 1.30 bits per heavy atom. The first-order valence-corrected chi connectivity index (χ1v) is 12.9. The molecule has 0 saturated carbocycles. The van der Waals surface area contributed by atoms with Gasteiger partial charge in [0.2, 0.25) is 0 Å². The maximum absolute atomic E-state index is 2.34. The third-order valence-corrected chi connectivity index (χ3v) is 6.45. The van der Waals surface area contributed by atoms with E-state index in [1.807, 2.05) is 0 Å². The average Bonchev–Trinajstić information content (AvgIpc) is 2.70. The largest absolute Gasteiger partial charge is 1.00 e. The highest BCUT2D eigenvalue weighted by atomic mass is 35.5. The molecule has 0 aromatic heterocycles. The number of hydrogen-bond acceptors (Lipinski definition) is 0. The molecule has 0 radical (unpaired) electrons. The number of rotatable bonds is 19. The molecule has 30 heavy (non-hydrogen) atoms. The van der Waals surface area contributed by atoms with Gasteiger partial charge in [-0.25, -0.2) is 0 Å². The molecule has 1 rings (SSSR count). The van der Waals surface area contributed by atoms with Crippen LogP contribution in [0.15, 0.2) is 30.3 Å². The molecular formula is C28H52ClN. The van der Waals surface area contributed by atoms with E-state index < -0.39 is 0 Å². The SMILES string of the molecule is CCCCCCCCCCCCCCCCCCC(c1ccccc1)[N+](C)(C)C.[Cl-]. The van der Waals surface area contributed by atoms with Crippen molar-refractivity contribution in [2.75, 3.05) is 21.1 Å². The molecule has 176 valence electrons. The van der Waals surface area contributed by atoms with Crippen LogP contribution < -0.4 is 12.4 Å². The van der Waals surface area contributed by atoms with Crippen molar-refractivity contribution in [3.8, 4) is 0 Å². The molecule has 1 aromatic rings. The number of benzene rings is 1. The molecule has 0 aliphatic rings. The molecule has 0 N–H and O–H groups in total. The van der Waals surface area contributed by atoms with E-state index in [0.29, 0.717) is 6.04 Å². The first-order valence-electron chi connectivity index (χ1n) is 12.9. The summed E-state index contributed by atoms with van der Waals surface area (Å²) in [7, 11) is 7.01. The summed E-state index contributed by atoms with van der Waals surface area (Å²) >= 11 is 0.